The normalized spacial score (nSPS) is 30.6. The summed E-state index contributed by atoms with van der Waals surface area (Å²) in [6, 6.07) is 5.84. The molecule has 1 aromatic rings. The summed E-state index contributed by atoms with van der Waals surface area (Å²) >= 11 is 6.00. The molecule has 2 saturated carbocycles. The third kappa shape index (κ3) is 2.61. The van der Waals surface area contributed by atoms with Gasteiger partial charge >= 0.3 is 0 Å². The van der Waals surface area contributed by atoms with Gasteiger partial charge in [-0.15, -0.1) is 0 Å². The first-order chi connectivity index (χ1) is 9.17. The van der Waals surface area contributed by atoms with Crippen LogP contribution in [0.25, 0.3) is 0 Å². The van der Waals surface area contributed by atoms with Crippen molar-refractivity contribution in [1.82, 2.24) is 0 Å². The Morgan fingerprint density at radius 2 is 2.21 bits per heavy atom. The minimum atomic E-state index is 0.0663. The van der Waals surface area contributed by atoms with E-state index in [2.05, 4.69) is 0 Å². The van der Waals surface area contributed by atoms with E-state index in [9.17, 15) is 0 Å². The van der Waals surface area contributed by atoms with E-state index in [0.717, 1.165) is 35.5 Å². The van der Waals surface area contributed by atoms with Crippen LogP contribution in [0.3, 0.4) is 0 Å². The molecule has 0 amide bonds. The Labute approximate surface area is 120 Å². The Morgan fingerprint density at radius 3 is 2.84 bits per heavy atom. The van der Waals surface area contributed by atoms with E-state index in [1.54, 1.807) is 7.11 Å². The van der Waals surface area contributed by atoms with E-state index >= 15 is 0 Å². The largest absolute Gasteiger partial charge is 0.496 e. The Kier molecular flexibility index (Phi) is 3.72. The number of nitrogens with two attached hydrogens (primary N) is 1. The van der Waals surface area contributed by atoms with Gasteiger partial charge in [0, 0.05) is 16.6 Å². The molecule has 4 atom stereocenters. The summed E-state index contributed by atoms with van der Waals surface area (Å²) in [7, 11) is 1.68. The van der Waals surface area contributed by atoms with Crippen LogP contribution in [0.5, 0.6) is 5.75 Å². The summed E-state index contributed by atoms with van der Waals surface area (Å²) in [5.74, 6) is 3.54. The third-order valence-electron chi connectivity index (χ3n) is 5.04. The van der Waals surface area contributed by atoms with Crippen molar-refractivity contribution in [2.24, 2.45) is 23.5 Å². The van der Waals surface area contributed by atoms with Gasteiger partial charge in [0.2, 0.25) is 0 Å². The zero-order valence-corrected chi connectivity index (χ0v) is 12.2. The quantitative estimate of drug-likeness (QED) is 0.897. The second-order valence-electron chi connectivity index (χ2n) is 6.16. The molecule has 0 aliphatic heterocycles. The average Bonchev–Trinajstić information content (AvgIpc) is 3.00. The topological polar surface area (TPSA) is 35.2 Å². The highest BCUT2D eigenvalue weighted by Crippen LogP contribution is 2.51. The fraction of sp³-hybridized carbons (Fsp3) is 0.625. The first kappa shape index (κ1) is 13.3. The number of ether oxygens (including phenoxy) is 1. The first-order valence-electron chi connectivity index (χ1n) is 7.26. The van der Waals surface area contributed by atoms with Gasteiger partial charge in [0.1, 0.15) is 5.75 Å². The lowest BCUT2D eigenvalue weighted by Crippen LogP contribution is -2.20. The van der Waals surface area contributed by atoms with Gasteiger partial charge in [-0.3, -0.25) is 0 Å². The van der Waals surface area contributed by atoms with Gasteiger partial charge in [0.25, 0.3) is 0 Å². The Hall–Kier alpha value is -0.730. The van der Waals surface area contributed by atoms with Crippen LogP contribution in [-0.4, -0.2) is 7.11 Å². The van der Waals surface area contributed by atoms with Crippen molar-refractivity contribution in [2.45, 2.75) is 38.1 Å². The van der Waals surface area contributed by atoms with Crippen LogP contribution < -0.4 is 10.5 Å². The maximum atomic E-state index is 6.41. The van der Waals surface area contributed by atoms with Crippen molar-refractivity contribution < 1.29 is 4.74 Å². The highest BCUT2D eigenvalue weighted by Gasteiger charge is 2.40. The number of methoxy groups -OCH3 is 1. The fourth-order valence-corrected chi connectivity index (χ4v) is 4.27. The summed E-state index contributed by atoms with van der Waals surface area (Å²) in [4.78, 5) is 0. The monoisotopic (exact) mass is 279 g/mol. The van der Waals surface area contributed by atoms with Gasteiger partial charge in [0.15, 0.2) is 0 Å². The number of hydrogen-bond acceptors (Lipinski definition) is 2. The molecule has 2 fully saturated rings. The van der Waals surface area contributed by atoms with Crippen molar-refractivity contribution in [3.8, 4) is 5.75 Å². The average molecular weight is 280 g/mol. The Morgan fingerprint density at radius 1 is 1.37 bits per heavy atom. The molecule has 3 rings (SSSR count). The van der Waals surface area contributed by atoms with Crippen molar-refractivity contribution in [3.05, 3.63) is 28.8 Å². The van der Waals surface area contributed by atoms with Crippen molar-refractivity contribution >= 4 is 11.6 Å². The predicted octanol–water partition coefficient (Wildman–Crippen LogP) is 4.17. The van der Waals surface area contributed by atoms with Gasteiger partial charge in [-0.2, -0.15) is 0 Å². The summed E-state index contributed by atoms with van der Waals surface area (Å²) < 4.78 is 5.41. The minimum absolute atomic E-state index is 0.0663. The van der Waals surface area contributed by atoms with Crippen LogP contribution in [0.1, 0.15) is 43.7 Å². The number of fused-ring (bicyclic) bond motifs is 2. The smallest absolute Gasteiger partial charge is 0.125 e. The van der Waals surface area contributed by atoms with E-state index < -0.39 is 0 Å². The van der Waals surface area contributed by atoms with Gasteiger partial charge in [-0.1, -0.05) is 24.1 Å². The van der Waals surface area contributed by atoms with E-state index in [1.807, 2.05) is 18.2 Å². The molecule has 0 radical (unpaired) electrons. The molecule has 0 spiro atoms. The summed E-state index contributed by atoms with van der Waals surface area (Å²) in [5, 5.41) is 0.702. The van der Waals surface area contributed by atoms with Crippen molar-refractivity contribution in [1.29, 1.82) is 0 Å². The predicted molar refractivity (Wildman–Crippen MR) is 78.5 cm³/mol. The molecule has 2 aliphatic rings. The zero-order valence-electron chi connectivity index (χ0n) is 11.4. The van der Waals surface area contributed by atoms with E-state index in [0.29, 0.717) is 5.02 Å². The second kappa shape index (κ2) is 5.34. The van der Waals surface area contributed by atoms with Gasteiger partial charge in [0.05, 0.1) is 7.11 Å². The van der Waals surface area contributed by atoms with E-state index in [4.69, 9.17) is 22.1 Å². The van der Waals surface area contributed by atoms with Crippen LogP contribution in [0.4, 0.5) is 0 Å². The van der Waals surface area contributed by atoms with Gasteiger partial charge in [-0.25, -0.2) is 0 Å². The van der Waals surface area contributed by atoms with Crippen LogP contribution in [0.15, 0.2) is 18.2 Å². The fourth-order valence-electron chi connectivity index (χ4n) is 4.11. The zero-order chi connectivity index (χ0) is 13.4. The molecule has 2 aliphatic carbocycles. The molecule has 0 heterocycles. The lowest BCUT2D eigenvalue weighted by Gasteiger charge is -2.25. The van der Waals surface area contributed by atoms with E-state index in [-0.39, 0.29) is 6.04 Å². The molecule has 104 valence electrons. The molecule has 19 heavy (non-hydrogen) atoms. The van der Waals surface area contributed by atoms with Crippen molar-refractivity contribution in [2.75, 3.05) is 7.11 Å². The molecule has 1 aromatic carbocycles. The van der Waals surface area contributed by atoms with Crippen LogP contribution in [0.2, 0.25) is 5.02 Å². The van der Waals surface area contributed by atoms with E-state index in [1.165, 1.54) is 25.7 Å². The molecule has 0 saturated heterocycles. The van der Waals surface area contributed by atoms with Gasteiger partial charge < -0.3 is 10.5 Å². The number of rotatable bonds is 4. The van der Waals surface area contributed by atoms with Crippen molar-refractivity contribution in [3.63, 3.8) is 0 Å². The number of benzene rings is 1. The molecule has 0 aromatic heterocycles. The molecule has 3 heteroatoms. The first-order valence-corrected chi connectivity index (χ1v) is 7.64. The molecule has 2 nitrogen and oxygen atoms in total. The standard InChI is InChI=1S/C16H22ClNO/c1-19-16-9-13(17)4-5-14(16)15(18)8-12-7-10-2-3-11(12)6-10/h4-5,9-12,15H,2-3,6-8,18H2,1H3. The summed E-state index contributed by atoms with van der Waals surface area (Å²) in [6.07, 6.45) is 6.77. The number of halogens is 1. The lowest BCUT2D eigenvalue weighted by molar-refractivity contribution is 0.293. The summed E-state index contributed by atoms with van der Waals surface area (Å²) in [6.45, 7) is 0. The molecular formula is C16H22ClNO. The maximum Gasteiger partial charge on any atom is 0.125 e. The minimum Gasteiger partial charge on any atom is -0.496 e. The third-order valence-corrected chi connectivity index (χ3v) is 5.27. The maximum absolute atomic E-state index is 6.41. The van der Waals surface area contributed by atoms with Crippen LogP contribution in [0, 0.1) is 17.8 Å². The molecule has 2 N–H and O–H groups in total. The molecular weight excluding hydrogens is 258 g/mol. The van der Waals surface area contributed by atoms with Gasteiger partial charge in [-0.05, 0) is 55.6 Å². The Balaban J connectivity index is 1.71. The van der Waals surface area contributed by atoms with Crippen LogP contribution >= 0.6 is 11.6 Å². The molecule has 2 bridgehead atoms. The number of hydrogen-bond donors (Lipinski definition) is 1. The lowest BCUT2D eigenvalue weighted by atomic mass is 9.83. The molecule has 4 unspecified atom stereocenters. The SMILES string of the molecule is COc1cc(Cl)ccc1C(N)CC1CC2CCC1C2. The summed E-state index contributed by atoms with van der Waals surface area (Å²) in [5.41, 5.74) is 7.50. The highest BCUT2D eigenvalue weighted by molar-refractivity contribution is 6.30. The highest BCUT2D eigenvalue weighted by atomic mass is 35.5. The Bertz CT molecular complexity index is 462. The van der Waals surface area contributed by atoms with Crippen LogP contribution in [-0.2, 0) is 0 Å². The second-order valence-corrected chi connectivity index (χ2v) is 6.60.